The van der Waals surface area contributed by atoms with Crippen LogP contribution < -0.4 is 5.32 Å². The number of hydrogen-bond acceptors (Lipinski definition) is 5. The number of amides is 1. The number of thioether (sulfide) groups is 1. The molecule has 3 rings (SSSR count). The van der Waals surface area contributed by atoms with Crippen LogP contribution in [0.1, 0.15) is 16.1 Å². The minimum absolute atomic E-state index is 0.0807. The number of carbonyl (C=O) groups excluding carboxylic acids is 1. The summed E-state index contributed by atoms with van der Waals surface area (Å²) in [5, 5.41) is 18.8. The fraction of sp³-hybridized carbons (Fsp3) is 0. The van der Waals surface area contributed by atoms with E-state index in [-0.39, 0.29) is 16.6 Å². The Morgan fingerprint density at radius 3 is 2.82 bits per heavy atom. The topological polar surface area (TPSA) is 103 Å². The van der Waals surface area contributed by atoms with E-state index in [1.807, 2.05) is 0 Å². The normalized spacial score (nSPS) is 16.1. The van der Waals surface area contributed by atoms with Gasteiger partial charge >= 0.3 is 5.97 Å². The number of carbonyl (C=O) groups is 2. The Kier molecular flexibility index (Phi) is 3.56. The second-order valence-corrected chi connectivity index (χ2v) is 5.53. The molecule has 0 unspecified atom stereocenters. The van der Waals surface area contributed by atoms with E-state index >= 15 is 0 Å². The van der Waals surface area contributed by atoms with Gasteiger partial charge in [0.1, 0.15) is 11.5 Å². The Morgan fingerprint density at radius 2 is 2.14 bits per heavy atom. The van der Waals surface area contributed by atoms with Gasteiger partial charge in [-0.2, -0.15) is 0 Å². The van der Waals surface area contributed by atoms with Gasteiger partial charge in [-0.25, -0.2) is 4.79 Å². The van der Waals surface area contributed by atoms with Gasteiger partial charge in [-0.3, -0.25) is 10.2 Å². The quantitative estimate of drug-likeness (QED) is 0.756. The highest BCUT2D eigenvalue weighted by Gasteiger charge is 2.22. The Balaban J connectivity index is 1.90. The average molecular weight is 314 g/mol. The lowest BCUT2D eigenvalue weighted by atomic mass is 10.1. The van der Waals surface area contributed by atoms with E-state index in [0.29, 0.717) is 22.0 Å². The summed E-state index contributed by atoms with van der Waals surface area (Å²) in [5.74, 6) is -0.370. The van der Waals surface area contributed by atoms with Crippen molar-refractivity contribution in [2.75, 3.05) is 0 Å². The molecule has 0 saturated carbocycles. The molecule has 6 nitrogen and oxygen atoms in total. The van der Waals surface area contributed by atoms with Gasteiger partial charge in [-0.05, 0) is 36.0 Å². The van der Waals surface area contributed by atoms with Crippen LogP contribution in [-0.4, -0.2) is 22.2 Å². The molecule has 2 aromatic rings. The zero-order valence-electron chi connectivity index (χ0n) is 11.1. The van der Waals surface area contributed by atoms with E-state index in [9.17, 15) is 9.59 Å². The average Bonchev–Trinajstić information content (AvgIpc) is 3.06. The third-order valence-electron chi connectivity index (χ3n) is 2.96. The molecule has 110 valence electrons. The van der Waals surface area contributed by atoms with Gasteiger partial charge in [0.05, 0.1) is 10.5 Å². The third-order valence-corrected chi connectivity index (χ3v) is 3.79. The monoisotopic (exact) mass is 314 g/mol. The van der Waals surface area contributed by atoms with E-state index in [4.69, 9.17) is 14.9 Å². The van der Waals surface area contributed by atoms with Gasteiger partial charge in [0.25, 0.3) is 5.91 Å². The first-order chi connectivity index (χ1) is 10.5. The number of furan rings is 1. The van der Waals surface area contributed by atoms with Crippen LogP contribution in [-0.2, 0) is 4.79 Å². The van der Waals surface area contributed by atoms with Gasteiger partial charge in [-0.1, -0.05) is 12.1 Å². The summed E-state index contributed by atoms with van der Waals surface area (Å²) in [6.07, 6.45) is 1.55. The van der Waals surface area contributed by atoms with Crippen LogP contribution >= 0.6 is 11.8 Å². The number of benzene rings is 1. The van der Waals surface area contributed by atoms with Gasteiger partial charge < -0.3 is 14.8 Å². The van der Waals surface area contributed by atoms with Gasteiger partial charge in [0, 0.05) is 11.6 Å². The second kappa shape index (κ2) is 5.53. The molecule has 22 heavy (non-hydrogen) atoms. The van der Waals surface area contributed by atoms with Crippen molar-refractivity contribution in [3.63, 3.8) is 0 Å². The maximum atomic E-state index is 11.5. The van der Waals surface area contributed by atoms with Crippen molar-refractivity contribution in [3.8, 4) is 11.3 Å². The summed E-state index contributed by atoms with van der Waals surface area (Å²) < 4.78 is 5.62. The molecule has 0 aliphatic carbocycles. The van der Waals surface area contributed by atoms with Crippen molar-refractivity contribution < 1.29 is 19.1 Å². The zero-order valence-corrected chi connectivity index (χ0v) is 11.9. The third kappa shape index (κ3) is 2.79. The van der Waals surface area contributed by atoms with Crippen LogP contribution in [0.3, 0.4) is 0 Å². The highest BCUT2D eigenvalue weighted by molar-refractivity contribution is 8.18. The standard InChI is InChI=1S/C15H10N2O4S/c16-15-17-13(18)12(22-15)7-10-4-5-11(21-10)8-2-1-3-9(6-8)14(19)20/h1-7H,(H,19,20)(H2,16,17,18). The van der Waals surface area contributed by atoms with Crippen molar-refractivity contribution in [2.45, 2.75) is 0 Å². The Morgan fingerprint density at radius 1 is 1.32 bits per heavy atom. The molecule has 1 aromatic heterocycles. The minimum Gasteiger partial charge on any atom is -0.478 e. The highest BCUT2D eigenvalue weighted by Crippen LogP contribution is 2.28. The fourth-order valence-electron chi connectivity index (χ4n) is 1.96. The first-order valence-corrected chi connectivity index (χ1v) is 7.07. The molecule has 0 bridgehead atoms. The molecule has 1 saturated heterocycles. The van der Waals surface area contributed by atoms with E-state index in [1.165, 1.54) is 12.1 Å². The summed E-state index contributed by atoms with van der Waals surface area (Å²) in [6, 6.07) is 9.80. The Hall–Kier alpha value is -2.80. The molecule has 3 N–H and O–H groups in total. The number of carboxylic acid groups (broad SMARTS) is 1. The predicted octanol–water partition coefficient (Wildman–Crippen LogP) is 2.78. The lowest BCUT2D eigenvalue weighted by Crippen LogP contribution is -2.18. The maximum Gasteiger partial charge on any atom is 0.335 e. The molecule has 1 aliphatic heterocycles. The second-order valence-electron chi connectivity index (χ2n) is 4.48. The largest absolute Gasteiger partial charge is 0.478 e. The number of aromatic carboxylic acids is 1. The lowest BCUT2D eigenvalue weighted by Gasteiger charge is -1.99. The van der Waals surface area contributed by atoms with E-state index < -0.39 is 5.97 Å². The van der Waals surface area contributed by atoms with Crippen LogP contribution in [0.25, 0.3) is 17.4 Å². The molecule has 1 aromatic carbocycles. The first kappa shape index (κ1) is 14.2. The number of carboxylic acids is 1. The highest BCUT2D eigenvalue weighted by atomic mass is 32.2. The lowest BCUT2D eigenvalue weighted by molar-refractivity contribution is -0.115. The number of hydrogen-bond donors (Lipinski definition) is 3. The molecule has 1 fully saturated rings. The van der Waals surface area contributed by atoms with Crippen LogP contribution in [0.4, 0.5) is 0 Å². The predicted molar refractivity (Wildman–Crippen MR) is 82.5 cm³/mol. The molecule has 0 atom stereocenters. The summed E-state index contributed by atoms with van der Waals surface area (Å²) in [5.41, 5.74) is 0.814. The summed E-state index contributed by atoms with van der Waals surface area (Å²) >= 11 is 1.03. The minimum atomic E-state index is -1.01. The van der Waals surface area contributed by atoms with Crippen molar-refractivity contribution in [2.24, 2.45) is 0 Å². The van der Waals surface area contributed by atoms with Crippen LogP contribution in [0, 0.1) is 5.41 Å². The SMILES string of the molecule is N=C1NC(=O)C(=Cc2ccc(-c3cccc(C(=O)O)c3)o2)S1. The molecule has 0 spiro atoms. The Bertz CT molecular complexity index is 822. The molecule has 1 aliphatic rings. The number of rotatable bonds is 3. The van der Waals surface area contributed by atoms with Crippen LogP contribution in [0.2, 0.25) is 0 Å². The van der Waals surface area contributed by atoms with E-state index in [0.717, 1.165) is 11.8 Å². The molecule has 7 heteroatoms. The Labute approximate surface area is 129 Å². The van der Waals surface area contributed by atoms with Gasteiger partial charge in [0.2, 0.25) is 0 Å². The number of nitrogens with one attached hydrogen (secondary N) is 2. The first-order valence-electron chi connectivity index (χ1n) is 6.26. The molecule has 0 radical (unpaired) electrons. The summed E-state index contributed by atoms with van der Waals surface area (Å²) in [7, 11) is 0. The fourth-order valence-corrected chi connectivity index (χ4v) is 2.64. The zero-order chi connectivity index (χ0) is 15.7. The van der Waals surface area contributed by atoms with Crippen LogP contribution in [0.5, 0.6) is 0 Å². The van der Waals surface area contributed by atoms with Crippen molar-refractivity contribution in [3.05, 3.63) is 52.6 Å². The molecular formula is C15H10N2O4S. The van der Waals surface area contributed by atoms with E-state index in [2.05, 4.69) is 5.32 Å². The molecule has 2 heterocycles. The summed E-state index contributed by atoms with van der Waals surface area (Å²) in [4.78, 5) is 22.9. The molecule has 1 amide bonds. The smallest absolute Gasteiger partial charge is 0.335 e. The van der Waals surface area contributed by atoms with Crippen molar-refractivity contribution in [1.29, 1.82) is 5.41 Å². The molecular weight excluding hydrogens is 304 g/mol. The van der Waals surface area contributed by atoms with Crippen molar-refractivity contribution >= 4 is 34.9 Å². The maximum absolute atomic E-state index is 11.5. The van der Waals surface area contributed by atoms with Crippen LogP contribution in [0.15, 0.2) is 45.7 Å². The van der Waals surface area contributed by atoms with Crippen molar-refractivity contribution in [1.82, 2.24) is 5.32 Å². The van der Waals surface area contributed by atoms with Gasteiger partial charge in [0.15, 0.2) is 5.17 Å². The number of amidine groups is 1. The van der Waals surface area contributed by atoms with E-state index in [1.54, 1.807) is 30.3 Å². The summed E-state index contributed by atoms with van der Waals surface area (Å²) in [6.45, 7) is 0. The van der Waals surface area contributed by atoms with Gasteiger partial charge in [-0.15, -0.1) is 0 Å².